The van der Waals surface area contributed by atoms with Crippen LogP contribution in [0.1, 0.15) is 33.1 Å². The third-order valence-corrected chi connectivity index (χ3v) is 2.18. The van der Waals surface area contributed by atoms with Crippen LogP contribution in [0.2, 0.25) is 0 Å². The van der Waals surface area contributed by atoms with Crippen LogP contribution in [-0.4, -0.2) is 40.4 Å². The van der Waals surface area contributed by atoms with Crippen molar-refractivity contribution in [2.24, 2.45) is 5.73 Å². The van der Waals surface area contributed by atoms with Crippen LogP contribution in [0.25, 0.3) is 0 Å². The molecule has 0 saturated carbocycles. The number of rotatable bonds is 7. The number of carbonyl (C=O) groups excluding carboxylic acids is 2. The summed E-state index contributed by atoms with van der Waals surface area (Å²) in [6, 6.07) is -1.15. The zero-order valence-electron chi connectivity index (χ0n) is 9.60. The average molecular weight is 230 g/mol. The molecule has 0 spiro atoms. The van der Waals surface area contributed by atoms with Gasteiger partial charge in [-0.25, -0.2) is 4.79 Å². The molecule has 0 unspecified atom stereocenters. The molecular weight excluding hydrogens is 212 g/mol. The first kappa shape index (κ1) is 14.4. The standard InChI is InChI=1S/C10H18N2O4/c1-3-5-9(14)12(4-2)7(10(15)16)6-8(11)13/h7H,3-6H2,1-2H3,(H2,11,13)(H,15,16)/t7-/m0/s1. The molecule has 92 valence electrons. The second-order valence-corrected chi connectivity index (χ2v) is 3.45. The lowest BCUT2D eigenvalue weighted by Gasteiger charge is -2.26. The number of hydrogen-bond donors (Lipinski definition) is 2. The second kappa shape index (κ2) is 6.81. The van der Waals surface area contributed by atoms with Gasteiger partial charge in [-0.05, 0) is 13.3 Å². The maximum absolute atomic E-state index is 11.6. The van der Waals surface area contributed by atoms with E-state index in [9.17, 15) is 14.4 Å². The number of hydrogen-bond acceptors (Lipinski definition) is 3. The van der Waals surface area contributed by atoms with Crippen molar-refractivity contribution in [1.82, 2.24) is 4.90 Å². The summed E-state index contributed by atoms with van der Waals surface area (Å²) in [4.78, 5) is 34.5. The SMILES string of the molecule is CCCC(=O)N(CC)[C@@H](CC(N)=O)C(=O)O. The fourth-order valence-electron chi connectivity index (χ4n) is 1.45. The summed E-state index contributed by atoms with van der Waals surface area (Å²) >= 11 is 0. The smallest absolute Gasteiger partial charge is 0.326 e. The lowest BCUT2D eigenvalue weighted by molar-refractivity contribution is -0.151. The van der Waals surface area contributed by atoms with Crippen molar-refractivity contribution in [2.45, 2.75) is 39.2 Å². The molecule has 0 aliphatic heterocycles. The summed E-state index contributed by atoms with van der Waals surface area (Å²) in [5.74, 6) is -2.20. The van der Waals surface area contributed by atoms with Gasteiger partial charge < -0.3 is 15.7 Å². The molecule has 0 aromatic heterocycles. The number of nitrogens with two attached hydrogens (primary N) is 1. The second-order valence-electron chi connectivity index (χ2n) is 3.45. The van der Waals surface area contributed by atoms with Crippen molar-refractivity contribution < 1.29 is 19.5 Å². The molecule has 0 aliphatic carbocycles. The highest BCUT2D eigenvalue weighted by molar-refractivity contribution is 5.88. The molecule has 0 radical (unpaired) electrons. The number of primary amides is 1. The first-order valence-electron chi connectivity index (χ1n) is 5.24. The Kier molecular flexibility index (Phi) is 6.14. The molecule has 1 atom stereocenters. The van der Waals surface area contributed by atoms with Crippen LogP contribution < -0.4 is 5.73 Å². The molecule has 6 heteroatoms. The average Bonchev–Trinajstić information content (AvgIpc) is 2.17. The van der Waals surface area contributed by atoms with E-state index in [4.69, 9.17) is 10.8 Å². The molecule has 3 N–H and O–H groups in total. The monoisotopic (exact) mass is 230 g/mol. The minimum Gasteiger partial charge on any atom is -0.480 e. The van der Waals surface area contributed by atoms with Crippen molar-refractivity contribution in [3.8, 4) is 0 Å². The summed E-state index contributed by atoms with van der Waals surface area (Å²) in [5.41, 5.74) is 4.96. The fourth-order valence-corrected chi connectivity index (χ4v) is 1.45. The largest absolute Gasteiger partial charge is 0.480 e. The normalized spacial score (nSPS) is 11.9. The Morgan fingerprint density at radius 3 is 2.19 bits per heavy atom. The molecule has 0 fully saturated rings. The number of nitrogens with zero attached hydrogens (tertiary/aromatic N) is 1. The topological polar surface area (TPSA) is 101 Å². The Morgan fingerprint density at radius 1 is 1.31 bits per heavy atom. The van der Waals surface area contributed by atoms with Gasteiger partial charge in [0.1, 0.15) is 6.04 Å². The molecule has 16 heavy (non-hydrogen) atoms. The van der Waals surface area contributed by atoms with E-state index in [-0.39, 0.29) is 25.3 Å². The van der Waals surface area contributed by atoms with Gasteiger partial charge in [-0.1, -0.05) is 6.92 Å². The Morgan fingerprint density at radius 2 is 1.88 bits per heavy atom. The predicted octanol–water partition coefficient (Wildman–Crippen LogP) is -0.0364. The van der Waals surface area contributed by atoms with E-state index in [0.717, 1.165) is 0 Å². The van der Waals surface area contributed by atoms with Gasteiger partial charge in [0.15, 0.2) is 0 Å². The van der Waals surface area contributed by atoms with Gasteiger partial charge in [0.25, 0.3) is 0 Å². The number of likely N-dealkylation sites (N-methyl/N-ethyl adjacent to an activating group) is 1. The zero-order valence-corrected chi connectivity index (χ0v) is 9.60. The minimum atomic E-state index is -1.20. The van der Waals surface area contributed by atoms with E-state index in [0.29, 0.717) is 6.42 Å². The summed E-state index contributed by atoms with van der Waals surface area (Å²) in [6.07, 6.45) is 0.563. The van der Waals surface area contributed by atoms with Crippen LogP contribution >= 0.6 is 0 Å². The van der Waals surface area contributed by atoms with Crippen LogP contribution in [0.15, 0.2) is 0 Å². The van der Waals surface area contributed by atoms with Crippen LogP contribution in [0.3, 0.4) is 0 Å². The van der Waals surface area contributed by atoms with E-state index in [1.54, 1.807) is 6.92 Å². The summed E-state index contributed by atoms with van der Waals surface area (Å²) in [6.45, 7) is 3.75. The van der Waals surface area contributed by atoms with Crippen LogP contribution in [0.5, 0.6) is 0 Å². The molecule has 0 saturated heterocycles. The highest BCUT2D eigenvalue weighted by Crippen LogP contribution is 2.08. The Hall–Kier alpha value is -1.59. The van der Waals surface area contributed by atoms with Gasteiger partial charge in [-0.2, -0.15) is 0 Å². The molecule has 0 bridgehead atoms. The molecule has 2 amide bonds. The van der Waals surface area contributed by atoms with E-state index in [2.05, 4.69) is 0 Å². The minimum absolute atomic E-state index is 0.253. The Balaban J connectivity index is 4.77. The third-order valence-electron chi connectivity index (χ3n) is 2.18. The van der Waals surface area contributed by atoms with E-state index in [1.165, 1.54) is 4.90 Å². The number of aliphatic carboxylic acids is 1. The number of carboxylic acid groups (broad SMARTS) is 1. The van der Waals surface area contributed by atoms with Crippen LogP contribution in [-0.2, 0) is 14.4 Å². The van der Waals surface area contributed by atoms with Gasteiger partial charge in [0, 0.05) is 13.0 Å². The van der Waals surface area contributed by atoms with Gasteiger partial charge in [0.05, 0.1) is 6.42 Å². The van der Waals surface area contributed by atoms with E-state index >= 15 is 0 Å². The van der Waals surface area contributed by atoms with Crippen molar-refractivity contribution in [1.29, 1.82) is 0 Å². The first-order chi connectivity index (χ1) is 7.43. The number of carbonyl (C=O) groups is 3. The van der Waals surface area contributed by atoms with Crippen molar-refractivity contribution >= 4 is 17.8 Å². The maximum atomic E-state index is 11.6. The van der Waals surface area contributed by atoms with Gasteiger partial charge in [0.2, 0.25) is 11.8 Å². The van der Waals surface area contributed by atoms with Crippen molar-refractivity contribution in [3.05, 3.63) is 0 Å². The quantitative estimate of drug-likeness (QED) is 0.641. The van der Waals surface area contributed by atoms with Crippen LogP contribution in [0.4, 0.5) is 0 Å². The van der Waals surface area contributed by atoms with Crippen molar-refractivity contribution in [3.63, 3.8) is 0 Å². The molecular formula is C10H18N2O4. The van der Waals surface area contributed by atoms with Crippen molar-refractivity contribution in [2.75, 3.05) is 6.54 Å². The maximum Gasteiger partial charge on any atom is 0.326 e. The first-order valence-corrected chi connectivity index (χ1v) is 5.24. The fraction of sp³-hybridized carbons (Fsp3) is 0.700. The summed E-state index contributed by atoms with van der Waals surface area (Å²) < 4.78 is 0. The number of amides is 2. The van der Waals surface area contributed by atoms with Gasteiger partial charge in [-0.3, -0.25) is 9.59 Å². The molecule has 6 nitrogen and oxygen atoms in total. The number of carboxylic acids is 1. The van der Waals surface area contributed by atoms with Crippen LogP contribution in [0, 0.1) is 0 Å². The summed E-state index contributed by atoms with van der Waals surface area (Å²) in [5, 5.41) is 8.94. The highest BCUT2D eigenvalue weighted by atomic mass is 16.4. The molecule has 0 heterocycles. The van der Waals surface area contributed by atoms with Gasteiger partial charge in [-0.15, -0.1) is 0 Å². The highest BCUT2D eigenvalue weighted by Gasteiger charge is 2.29. The zero-order chi connectivity index (χ0) is 12.7. The molecule has 0 aromatic carbocycles. The molecule has 0 aromatic rings. The van der Waals surface area contributed by atoms with E-state index < -0.39 is 17.9 Å². The molecule has 0 aliphatic rings. The predicted molar refractivity (Wildman–Crippen MR) is 57.5 cm³/mol. The lowest BCUT2D eigenvalue weighted by Crippen LogP contribution is -2.46. The van der Waals surface area contributed by atoms with Gasteiger partial charge >= 0.3 is 5.97 Å². The Bertz CT molecular complexity index is 278. The molecule has 0 rings (SSSR count). The summed E-state index contributed by atoms with van der Waals surface area (Å²) in [7, 11) is 0. The van der Waals surface area contributed by atoms with E-state index in [1.807, 2.05) is 6.92 Å². The lowest BCUT2D eigenvalue weighted by atomic mass is 10.1. The Labute approximate surface area is 94.4 Å². The third kappa shape index (κ3) is 4.29.